The Hall–Kier alpha value is -0.840. The summed E-state index contributed by atoms with van der Waals surface area (Å²) >= 11 is 1.32. The summed E-state index contributed by atoms with van der Waals surface area (Å²) in [5.74, 6) is 0.369. The van der Waals surface area contributed by atoms with E-state index in [1.54, 1.807) is 0 Å². The summed E-state index contributed by atoms with van der Waals surface area (Å²) in [6, 6.07) is 0.632. The van der Waals surface area contributed by atoms with Crippen molar-refractivity contribution in [2.75, 3.05) is 11.1 Å². The monoisotopic (exact) mass is 156 g/mol. The number of nitrogens with two attached hydrogens (primary N) is 1. The number of hydrogen-bond acceptors (Lipinski definition) is 5. The topological polar surface area (TPSA) is 63.8 Å². The molecule has 1 aliphatic carbocycles. The van der Waals surface area contributed by atoms with E-state index < -0.39 is 0 Å². The lowest BCUT2D eigenvalue weighted by Crippen LogP contribution is -1.99. The molecule has 0 spiro atoms. The molecule has 1 aliphatic rings. The highest BCUT2D eigenvalue weighted by Gasteiger charge is 2.21. The molecule has 0 unspecified atom stereocenters. The van der Waals surface area contributed by atoms with Gasteiger partial charge >= 0.3 is 0 Å². The molecule has 0 atom stereocenters. The molecule has 3 N–H and O–H groups in total. The Bertz CT molecular complexity index is 229. The van der Waals surface area contributed by atoms with Gasteiger partial charge in [0.05, 0.1) is 0 Å². The Labute approximate surface area is 62.6 Å². The molecular weight excluding hydrogens is 148 g/mol. The molecule has 1 aromatic rings. The minimum absolute atomic E-state index is 0.369. The first-order chi connectivity index (χ1) is 4.84. The lowest BCUT2D eigenvalue weighted by atomic mass is 10.7. The molecule has 0 saturated heterocycles. The van der Waals surface area contributed by atoms with Crippen LogP contribution in [0.5, 0.6) is 0 Å². The summed E-state index contributed by atoms with van der Waals surface area (Å²) in [6.45, 7) is 0. The zero-order chi connectivity index (χ0) is 6.97. The molecule has 4 nitrogen and oxygen atoms in total. The van der Waals surface area contributed by atoms with Crippen molar-refractivity contribution in [3.63, 3.8) is 0 Å². The predicted octanol–water partition coefficient (Wildman–Crippen LogP) is 0.695. The molecule has 54 valence electrons. The van der Waals surface area contributed by atoms with Crippen LogP contribution in [0.25, 0.3) is 0 Å². The molecule has 0 bridgehead atoms. The second-order valence-electron chi connectivity index (χ2n) is 2.38. The second-order valence-corrected chi connectivity index (χ2v) is 3.13. The summed E-state index contributed by atoms with van der Waals surface area (Å²) in [7, 11) is 0. The summed E-state index contributed by atoms with van der Waals surface area (Å²) < 4.78 is 3.84. The quantitative estimate of drug-likeness (QED) is 0.661. The fourth-order valence-electron chi connectivity index (χ4n) is 0.696. The highest BCUT2D eigenvalue weighted by atomic mass is 32.1. The van der Waals surface area contributed by atoms with Gasteiger partial charge in [-0.1, -0.05) is 0 Å². The van der Waals surface area contributed by atoms with E-state index in [1.165, 1.54) is 24.4 Å². The van der Waals surface area contributed by atoms with Crippen molar-refractivity contribution >= 4 is 22.6 Å². The number of anilines is 2. The van der Waals surface area contributed by atoms with Gasteiger partial charge in [-0.15, -0.1) is 0 Å². The molecule has 1 fully saturated rings. The van der Waals surface area contributed by atoms with Crippen LogP contribution in [-0.4, -0.2) is 15.4 Å². The minimum Gasteiger partial charge on any atom is -0.367 e. The van der Waals surface area contributed by atoms with Crippen molar-refractivity contribution in [1.29, 1.82) is 0 Å². The number of nitrogens with one attached hydrogen (secondary N) is 1. The number of aromatic nitrogens is 2. The van der Waals surface area contributed by atoms with Gasteiger partial charge in [-0.2, -0.15) is 9.36 Å². The van der Waals surface area contributed by atoms with Crippen LogP contribution in [0.2, 0.25) is 0 Å². The van der Waals surface area contributed by atoms with Gasteiger partial charge in [-0.25, -0.2) is 0 Å². The van der Waals surface area contributed by atoms with E-state index in [2.05, 4.69) is 14.7 Å². The first-order valence-corrected chi connectivity index (χ1v) is 3.97. The molecule has 5 heteroatoms. The van der Waals surface area contributed by atoms with E-state index in [4.69, 9.17) is 5.73 Å². The molecule has 1 saturated carbocycles. The van der Waals surface area contributed by atoms with Crippen LogP contribution < -0.4 is 11.1 Å². The van der Waals surface area contributed by atoms with E-state index in [9.17, 15) is 0 Å². The zero-order valence-corrected chi connectivity index (χ0v) is 6.19. The summed E-state index contributed by atoms with van der Waals surface area (Å²) in [5.41, 5.74) is 5.32. The van der Waals surface area contributed by atoms with Gasteiger partial charge in [-0.05, 0) is 12.8 Å². The molecule has 1 aromatic heterocycles. The summed E-state index contributed by atoms with van der Waals surface area (Å²) in [6.07, 6.45) is 2.50. The molecule has 0 radical (unpaired) electrons. The first-order valence-electron chi connectivity index (χ1n) is 3.20. The van der Waals surface area contributed by atoms with Gasteiger partial charge in [0.2, 0.25) is 11.1 Å². The molecule has 0 aliphatic heterocycles. The third-order valence-electron chi connectivity index (χ3n) is 1.35. The zero-order valence-electron chi connectivity index (χ0n) is 5.37. The van der Waals surface area contributed by atoms with Crippen LogP contribution >= 0.6 is 11.5 Å². The van der Waals surface area contributed by atoms with Crippen LogP contribution in [-0.2, 0) is 0 Å². The van der Waals surface area contributed by atoms with Crippen molar-refractivity contribution in [2.24, 2.45) is 0 Å². The maximum atomic E-state index is 5.32. The molecule has 1 heterocycles. The van der Waals surface area contributed by atoms with Crippen molar-refractivity contribution in [3.05, 3.63) is 0 Å². The second kappa shape index (κ2) is 2.09. The smallest absolute Gasteiger partial charge is 0.233 e. The van der Waals surface area contributed by atoms with Gasteiger partial charge in [0.1, 0.15) is 0 Å². The molecule has 10 heavy (non-hydrogen) atoms. The van der Waals surface area contributed by atoms with Crippen molar-refractivity contribution in [3.8, 4) is 0 Å². The van der Waals surface area contributed by atoms with Crippen LogP contribution in [0.1, 0.15) is 12.8 Å². The molecular formula is C5H8N4S. The summed E-state index contributed by atoms with van der Waals surface area (Å²) in [4.78, 5) is 3.96. The molecule has 0 amide bonds. The highest BCUT2D eigenvalue weighted by Crippen LogP contribution is 2.25. The van der Waals surface area contributed by atoms with Crippen LogP contribution in [0.4, 0.5) is 11.1 Å². The Morgan fingerprint density at radius 2 is 2.40 bits per heavy atom. The maximum absolute atomic E-state index is 5.32. The maximum Gasteiger partial charge on any atom is 0.233 e. The lowest BCUT2D eigenvalue weighted by molar-refractivity contribution is 1.14. The highest BCUT2D eigenvalue weighted by molar-refractivity contribution is 7.09. The Kier molecular flexibility index (Phi) is 1.23. The fourth-order valence-corrected chi connectivity index (χ4v) is 1.27. The van der Waals surface area contributed by atoms with E-state index >= 15 is 0 Å². The number of nitrogens with zero attached hydrogens (tertiary/aromatic N) is 2. The van der Waals surface area contributed by atoms with E-state index in [-0.39, 0.29) is 0 Å². The summed E-state index contributed by atoms with van der Waals surface area (Å²) in [5, 5.41) is 4.05. The minimum atomic E-state index is 0.369. The van der Waals surface area contributed by atoms with Gasteiger partial charge in [-0.3, -0.25) is 0 Å². The van der Waals surface area contributed by atoms with Crippen LogP contribution in [0.3, 0.4) is 0 Å². The Balaban J connectivity index is 2.03. The molecule has 0 aromatic carbocycles. The largest absolute Gasteiger partial charge is 0.367 e. The van der Waals surface area contributed by atoms with Gasteiger partial charge in [0.25, 0.3) is 0 Å². The van der Waals surface area contributed by atoms with Crippen molar-refractivity contribution in [1.82, 2.24) is 9.36 Å². The third kappa shape index (κ3) is 1.18. The van der Waals surface area contributed by atoms with Gasteiger partial charge in [0, 0.05) is 17.6 Å². The van der Waals surface area contributed by atoms with E-state index in [0.29, 0.717) is 12.0 Å². The number of hydrogen-bond donors (Lipinski definition) is 2. The average molecular weight is 156 g/mol. The number of rotatable bonds is 2. The van der Waals surface area contributed by atoms with E-state index in [0.717, 1.165) is 5.13 Å². The standard InChI is InChI=1S/C5H8N4S/c6-4-8-5(10-9-4)7-3-1-2-3/h3H,1-2H2,(H3,6,7,8,9). The van der Waals surface area contributed by atoms with Crippen LogP contribution in [0, 0.1) is 0 Å². The lowest BCUT2D eigenvalue weighted by Gasteiger charge is -1.93. The number of nitrogen functional groups attached to an aromatic ring is 1. The SMILES string of the molecule is Nc1nsc(NC2CC2)n1. The van der Waals surface area contributed by atoms with E-state index in [1.807, 2.05) is 0 Å². The van der Waals surface area contributed by atoms with Crippen molar-refractivity contribution in [2.45, 2.75) is 18.9 Å². The van der Waals surface area contributed by atoms with Crippen molar-refractivity contribution < 1.29 is 0 Å². The normalized spacial score (nSPS) is 17.2. The van der Waals surface area contributed by atoms with Crippen LogP contribution in [0.15, 0.2) is 0 Å². The average Bonchev–Trinajstić information content (AvgIpc) is 2.59. The molecule has 2 rings (SSSR count). The fraction of sp³-hybridized carbons (Fsp3) is 0.600. The Morgan fingerprint density at radius 1 is 1.60 bits per heavy atom. The predicted molar refractivity (Wildman–Crippen MR) is 41.0 cm³/mol. The van der Waals surface area contributed by atoms with Gasteiger partial charge in [0.15, 0.2) is 0 Å². The first kappa shape index (κ1) is 5.91. The third-order valence-corrected chi connectivity index (χ3v) is 2.01. The van der Waals surface area contributed by atoms with Gasteiger partial charge < -0.3 is 11.1 Å². The Morgan fingerprint density at radius 3 is 2.90 bits per heavy atom.